The highest BCUT2D eigenvalue weighted by Crippen LogP contribution is 2.44. The number of carbonyl (C=O) groups excluding carboxylic acids is 1. The van der Waals surface area contributed by atoms with Gasteiger partial charge in [-0.05, 0) is 30.3 Å². The molecule has 0 N–H and O–H groups in total. The maximum atomic E-state index is 13.3. The molecule has 1 saturated heterocycles. The van der Waals surface area contributed by atoms with Gasteiger partial charge in [-0.3, -0.25) is 4.79 Å². The predicted octanol–water partition coefficient (Wildman–Crippen LogP) is 3.61. The summed E-state index contributed by atoms with van der Waals surface area (Å²) in [7, 11) is 6.38. The van der Waals surface area contributed by atoms with Crippen LogP contribution in [-0.4, -0.2) is 51.5 Å². The number of nitrogens with zero attached hydrogens (tertiary/aromatic N) is 1. The van der Waals surface area contributed by atoms with E-state index >= 15 is 0 Å². The number of hydrogen-bond donors (Lipinski definition) is 0. The number of thioether (sulfide) groups is 1. The number of amides is 1. The van der Waals surface area contributed by atoms with Gasteiger partial charge in [-0.15, -0.1) is 11.8 Å². The Morgan fingerprint density at radius 1 is 0.926 bits per heavy atom. The third-order valence-electron chi connectivity index (χ3n) is 4.49. The van der Waals surface area contributed by atoms with Gasteiger partial charge in [0, 0.05) is 23.9 Å². The smallest absolute Gasteiger partial charge is 0.258 e. The lowest BCUT2D eigenvalue weighted by atomic mass is 10.1. The molecule has 0 unspecified atom stereocenters. The Kier molecular flexibility index (Phi) is 6.01. The normalized spacial score (nSPS) is 16.1. The molecule has 1 aliphatic heterocycles. The fourth-order valence-corrected chi connectivity index (χ4v) is 4.37. The third kappa shape index (κ3) is 3.78. The number of ether oxygens (including phenoxy) is 4. The van der Waals surface area contributed by atoms with Crippen molar-refractivity contribution < 1.29 is 23.7 Å². The summed E-state index contributed by atoms with van der Waals surface area (Å²) in [5.41, 5.74) is 1.42. The molecule has 0 saturated carbocycles. The van der Waals surface area contributed by atoms with Crippen molar-refractivity contribution in [2.45, 2.75) is 5.37 Å². The molecule has 0 bridgehead atoms. The Labute approximate surface area is 163 Å². The van der Waals surface area contributed by atoms with E-state index in [1.54, 1.807) is 58.4 Å². The summed E-state index contributed by atoms with van der Waals surface area (Å²) in [5.74, 6) is 3.35. The number of hydrogen-bond acceptors (Lipinski definition) is 6. The van der Waals surface area contributed by atoms with Crippen molar-refractivity contribution in [1.82, 2.24) is 4.90 Å². The van der Waals surface area contributed by atoms with Crippen molar-refractivity contribution in [2.24, 2.45) is 0 Å². The molecule has 27 heavy (non-hydrogen) atoms. The molecule has 1 heterocycles. The van der Waals surface area contributed by atoms with Crippen molar-refractivity contribution in [2.75, 3.05) is 40.7 Å². The summed E-state index contributed by atoms with van der Waals surface area (Å²) in [6.45, 7) is 0.643. The van der Waals surface area contributed by atoms with Crippen LogP contribution in [0.3, 0.4) is 0 Å². The van der Waals surface area contributed by atoms with Crippen LogP contribution in [0.15, 0.2) is 36.4 Å². The number of rotatable bonds is 6. The van der Waals surface area contributed by atoms with Crippen LogP contribution >= 0.6 is 11.8 Å². The third-order valence-corrected chi connectivity index (χ3v) is 5.74. The Hall–Kier alpha value is -2.54. The van der Waals surface area contributed by atoms with Crippen LogP contribution in [0.2, 0.25) is 0 Å². The van der Waals surface area contributed by atoms with E-state index in [4.69, 9.17) is 18.9 Å². The predicted molar refractivity (Wildman–Crippen MR) is 105 cm³/mol. The lowest BCUT2D eigenvalue weighted by Crippen LogP contribution is -2.31. The van der Waals surface area contributed by atoms with E-state index in [2.05, 4.69) is 0 Å². The largest absolute Gasteiger partial charge is 0.497 e. The highest BCUT2D eigenvalue weighted by atomic mass is 32.2. The average molecular weight is 389 g/mol. The summed E-state index contributed by atoms with van der Waals surface area (Å²) in [6.07, 6.45) is 0. The molecule has 0 aliphatic carbocycles. The van der Waals surface area contributed by atoms with Gasteiger partial charge >= 0.3 is 0 Å². The second kappa shape index (κ2) is 8.43. The summed E-state index contributed by atoms with van der Waals surface area (Å²) in [4.78, 5) is 15.1. The van der Waals surface area contributed by atoms with E-state index in [1.165, 1.54) is 0 Å². The Balaban J connectivity index is 1.96. The van der Waals surface area contributed by atoms with Crippen molar-refractivity contribution >= 4 is 17.7 Å². The standard InChI is InChI=1S/C20H23NO5S/c1-23-13-6-8-17(25-3)16(11-13)20-21(9-10-27-20)19(22)15-7-5-14(24-2)12-18(15)26-4/h5-8,11-12,20H,9-10H2,1-4H3/t20-/m0/s1. The minimum atomic E-state index is -0.158. The average Bonchev–Trinajstić information content (AvgIpc) is 3.21. The first-order valence-electron chi connectivity index (χ1n) is 8.49. The number of benzene rings is 2. The van der Waals surface area contributed by atoms with Gasteiger partial charge in [0.1, 0.15) is 28.4 Å². The van der Waals surface area contributed by atoms with Gasteiger partial charge in [-0.2, -0.15) is 0 Å². The molecule has 3 rings (SSSR count). The molecular weight excluding hydrogens is 366 g/mol. The molecule has 1 amide bonds. The van der Waals surface area contributed by atoms with Gasteiger partial charge in [0.2, 0.25) is 0 Å². The van der Waals surface area contributed by atoms with E-state index in [-0.39, 0.29) is 11.3 Å². The zero-order valence-electron chi connectivity index (χ0n) is 15.9. The molecule has 7 heteroatoms. The van der Waals surface area contributed by atoms with E-state index < -0.39 is 0 Å². The lowest BCUT2D eigenvalue weighted by Gasteiger charge is -2.26. The first-order chi connectivity index (χ1) is 13.1. The second-order valence-corrected chi connectivity index (χ2v) is 7.08. The molecule has 0 radical (unpaired) electrons. The minimum absolute atomic E-state index is 0.0885. The molecule has 6 nitrogen and oxygen atoms in total. The van der Waals surface area contributed by atoms with E-state index in [9.17, 15) is 4.79 Å². The van der Waals surface area contributed by atoms with E-state index in [0.717, 1.165) is 22.8 Å². The molecule has 1 atom stereocenters. The number of carbonyl (C=O) groups is 1. The maximum absolute atomic E-state index is 13.3. The van der Waals surface area contributed by atoms with E-state index in [0.29, 0.717) is 23.6 Å². The fourth-order valence-electron chi connectivity index (χ4n) is 3.10. The van der Waals surface area contributed by atoms with Crippen LogP contribution in [0.25, 0.3) is 0 Å². The highest BCUT2D eigenvalue weighted by molar-refractivity contribution is 7.99. The summed E-state index contributed by atoms with van der Waals surface area (Å²) in [6, 6.07) is 10.9. The van der Waals surface area contributed by atoms with Crippen molar-refractivity contribution in [3.63, 3.8) is 0 Å². The topological polar surface area (TPSA) is 57.2 Å². The minimum Gasteiger partial charge on any atom is -0.497 e. The quantitative estimate of drug-likeness (QED) is 0.752. The maximum Gasteiger partial charge on any atom is 0.258 e. The fraction of sp³-hybridized carbons (Fsp3) is 0.350. The summed E-state index contributed by atoms with van der Waals surface area (Å²) in [5, 5.41) is -0.158. The van der Waals surface area contributed by atoms with Crippen LogP contribution < -0.4 is 18.9 Å². The van der Waals surface area contributed by atoms with Gasteiger partial charge in [-0.25, -0.2) is 0 Å². The van der Waals surface area contributed by atoms with Crippen LogP contribution in [0, 0.1) is 0 Å². The summed E-state index contributed by atoms with van der Waals surface area (Å²) < 4.78 is 21.5. The monoisotopic (exact) mass is 389 g/mol. The van der Waals surface area contributed by atoms with Gasteiger partial charge in [0.05, 0.1) is 34.0 Å². The molecule has 144 valence electrons. The van der Waals surface area contributed by atoms with Crippen LogP contribution in [-0.2, 0) is 0 Å². The molecule has 0 spiro atoms. The van der Waals surface area contributed by atoms with Crippen LogP contribution in [0.4, 0.5) is 0 Å². The molecule has 1 fully saturated rings. The molecule has 1 aliphatic rings. The lowest BCUT2D eigenvalue weighted by molar-refractivity contribution is 0.0755. The Bertz CT molecular complexity index is 826. The van der Waals surface area contributed by atoms with Gasteiger partial charge in [-0.1, -0.05) is 0 Å². The van der Waals surface area contributed by atoms with Crippen molar-refractivity contribution in [3.8, 4) is 23.0 Å². The Morgan fingerprint density at radius 2 is 1.59 bits per heavy atom. The highest BCUT2D eigenvalue weighted by Gasteiger charge is 2.34. The zero-order valence-corrected chi connectivity index (χ0v) is 16.7. The van der Waals surface area contributed by atoms with Crippen LogP contribution in [0.1, 0.15) is 21.3 Å². The molecular formula is C20H23NO5S. The van der Waals surface area contributed by atoms with Gasteiger partial charge in [0.15, 0.2) is 0 Å². The molecule has 2 aromatic carbocycles. The second-order valence-electron chi connectivity index (χ2n) is 5.90. The van der Waals surface area contributed by atoms with Crippen LogP contribution in [0.5, 0.6) is 23.0 Å². The van der Waals surface area contributed by atoms with Gasteiger partial charge in [0.25, 0.3) is 5.91 Å². The molecule has 0 aromatic heterocycles. The first kappa shape index (κ1) is 19.2. The van der Waals surface area contributed by atoms with Gasteiger partial charge < -0.3 is 23.8 Å². The Morgan fingerprint density at radius 3 is 2.26 bits per heavy atom. The summed E-state index contributed by atoms with van der Waals surface area (Å²) >= 11 is 1.70. The first-order valence-corrected chi connectivity index (χ1v) is 9.54. The molecule has 2 aromatic rings. The van der Waals surface area contributed by atoms with Crippen molar-refractivity contribution in [3.05, 3.63) is 47.5 Å². The SMILES string of the molecule is COc1ccc(C(=O)N2CCS[C@H]2c2cc(OC)ccc2OC)c(OC)c1. The number of methoxy groups -OCH3 is 4. The van der Waals surface area contributed by atoms with E-state index in [1.807, 2.05) is 23.1 Å². The van der Waals surface area contributed by atoms with Crippen molar-refractivity contribution in [1.29, 1.82) is 0 Å². The zero-order chi connectivity index (χ0) is 19.4.